The minimum Gasteiger partial charge on any atom is -0.479 e. The number of aliphatic carboxylic acids is 1. The maximum absolute atomic E-state index is 11.3. The van der Waals surface area contributed by atoms with Gasteiger partial charge >= 0.3 is 5.97 Å². The minimum atomic E-state index is -1.62. The van der Waals surface area contributed by atoms with Gasteiger partial charge in [-0.25, -0.2) is 4.79 Å². The number of nitrogens with zero attached hydrogens (tertiary/aromatic N) is 1. The molecule has 0 fully saturated rings. The van der Waals surface area contributed by atoms with E-state index in [1.807, 2.05) is 6.07 Å². The van der Waals surface area contributed by atoms with E-state index in [1.165, 1.54) is 12.2 Å². The first kappa shape index (κ1) is 14.4. The molecule has 0 radical (unpaired) electrons. The number of nitrogens with one attached hydrogen (secondary N) is 1. The average Bonchev–Trinajstić information content (AvgIpc) is 2.42. The minimum absolute atomic E-state index is 0.355. The van der Waals surface area contributed by atoms with E-state index in [9.17, 15) is 9.59 Å². The second kappa shape index (κ2) is 6.93. The fourth-order valence-electron chi connectivity index (χ4n) is 1.18. The maximum atomic E-state index is 11.3. The standard InChI is InChI=1S/C13H12N2O4/c14-7-10-3-1-9(2-4-10)5-6-12(17)15-8-11(16)13(18)19/h1-6,11,16H,8H2,(H,15,17)(H,18,19)/b6-5+/t11-/m0/s1. The zero-order valence-electron chi connectivity index (χ0n) is 9.91. The normalized spacial score (nSPS) is 11.8. The summed E-state index contributed by atoms with van der Waals surface area (Å²) in [5.74, 6) is -1.90. The van der Waals surface area contributed by atoms with Gasteiger partial charge in [0, 0.05) is 6.08 Å². The van der Waals surface area contributed by atoms with Gasteiger partial charge in [-0.05, 0) is 23.8 Å². The molecule has 0 saturated carbocycles. The van der Waals surface area contributed by atoms with Gasteiger partial charge < -0.3 is 15.5 Å². The van der Waals surface area contributed by atoms with E-state index in [0.717, 1.165) is 5.56 Å². The average molecular weight is 260 g/mol. The third-order valence-corrected chi connectivity index (χ3v) is 2.22. The van der Waals surface area contributed by atoms with Crippen LogP contribution in [0.5, 0.6) is 0 Å². The fourth-order valence-corrected chi connectivity index (χ4v) is 1.18. The van der Waals surface area contributed by atoms with Crippen molar-refractivity contribution < 1.29 is 19.8 Å². The summed E-state index contributed by atoms with van der Waals surface area (Å²) in [6, 6.07) is 8.56. The molecular weight excluding hydrogens is 248 g/mol. The zero-order valence-corrected chi connectivity index (χ0v) is 9.91. The number of hydrogen-bond donors (Lipinski definition) is 3. The Morgan fingerprint density at radius 1 is 1.37 bits per heavy atom. The van der Waals surface area contributed by atoms with Crippen molar-refractivity contribution in [3.63, 3.8) is 0 Å². The molecule has 0 aliphatic heterocycles. The lowest BCUT2D eigenvalue weighted by molar-refractivity contribution is -0.146. The number of benzene rings is 1. The SMILES string of the molecule is N#Cc1ccc(/C=C/C(=O)NC[C@H](O)C(=O)O)cc1. The molecule has 0 aromatic heterocycles. The van der Waals surface area contributed by atoms with Crippen LogP contribution in [-0.4, -0.2) is 34.7 Å². The molecule has 0 unspecified atom stereocenters. The van der Waals surface area contributed by atoms with Crippen molar-refractivity contribution in [3.05, 3.63) is 41.5 Å². The fraction of sp³-hybridized carbons (Fsp3) is 0.154. The molecule has 1 amide bonds. The third-order valence-electron chi connectivity index (χ3n) is 2.22. The monoisotopic (exact) mass is 260 g/mol. The van der Waals surface area contributed by atoms with E-state index in [4.69, 9.17) is 15.5 Å². The molecule has 0 aliphatic rings. The molecule has 0 aliphatic carbocycles. The lowest BCUT2D eigenvalue weighted by Gasteiger charge is -2.05. The smallest absolute Gasteiger partial charge is 0.334 e. The van der Waals surface area contributed by atoms with Gasteiger partial charge in [0.2, 0.25) is 5.91 Å². The van der Waals surface area contributed by atoms with Gasteiger partial charge in [0.05, 0.1) is 18.2 Å². The van der Waals surface area contributed by atoms with Crippen LogP contribution in [0.3, 0.4) is 0 Å². The van der Waals surface area contributed by atoms with Crippen molar-refractivity contribution in [2.45, 2.75) is 6.10 Å². The first-order chi connectivity index (χ1) is 9.02. The van der Waals surface area contributed by atoms with Crippen LogP contribution < -0.4 is 5.32 Å². The van der Waals surface area contributed by atoms with Crippen LogP contribution in [0.25, 0.3) is 6.08 Å². The molecule has 6 nitrogen and oxygen atoms in total. The highest BCUT2D eigenvalue weighted by molar-refractivity contribution is 5.92. The number of rotatable bonds is 5. The molecule has 6 heteroatoms. The third kappa shape index (κ3) is 5.02. The van der Waals surface area contributed by atoms with E-state index >= 15 is 0 Å². The van der Waals surface area contributed by atoms with Crippen molar-refractivity contribution in [1.29, 1.82) is 5.26 Å². The Morgan fingerprint density at radius 3 is 2.53 bits per heavy atom. The molecule has 0 saturated heterocycles. The Balaban J connectivity index is 2.49. The van der Waals surface area contributed by atoms with E-state index in [2.05, 4.69) is 5.32 Å². The summed E-state index contributed by atoms with van der Waals surface area (Å²) in [5, 5.41) is 28.2. The topological polar surface area (TPSA) is 110 Å². The lowest BCUT2D eigenvalue weighted by Crippen LogP contribution is -2.35. The quantitative estimate of drug-likeness (QED) is 0.652. The van der Waals surface area contributed by atoms with E-state index in [1.54, 1.807) is 24.3 Å². The highest BCUT2D eigenvalue weighted by atomic mass is 16.4. The number of carbonyl (C=O) groups excluding carboxylic acids is 1. The second-order valence-electron chi connectivity index (χ2n) is 3.67. The number of carbonyl (C=O) groups is 2. The molecular formula is C13H12N2O4. The van der Waals surface area contributed by atoms with Crippen LogP contribution >= 0.6 is 0 Å². The van der Waals surface area contributed by atoms with Crippen molar-refractivity contribution in [2.75, 3.05) is 6.54 Å². The van der Waals surface area contributed by atoms with Crippen LogP contribution in [0, 0.1) is 11.3 Å². The predicted molar refractivity (Wildman–Crippen MR) is 66.8 cm³/mol. The van der Waals surface area contributed by atoms with E-state index in [0.29, 0.717) is 5.56 Å². The summed E-state index contributed by atoms with van der Waals surface area (Å²) in [6.45, 7) is -0.355. The number of carboxylic acid groups (broad SMARTS) is 1. The Kier molecular flexibility index (Phi) is 5.26. The Labute approximate surface area is 109 Å². The number of carboxylic acids is 1. The largest absolute Gasteiger partial charge is 0.479 e. The van der Waals surface area contributed by atoms with Crippen LogP contribution in [-0.2, 0) is 9.59 Å². The number of amides is 1. The number of aliphatic hydroxyl groups excluding tert-OH is 1. The van der Waals surface area contributed by atoms with Gasteiger partial charge in [-0.3, -0.25) is 4.79 Å². The van der Waals surface area contributed by atoms with E-state index < -0.39 is 18.0 Å². The number of hydrogen-bond acceptors (Lipinski definition) is 4. The van der Waals surface area contributed by atoms with Gasteiger partial charge in [0.1, 0.15) is 0 Å². The van der Waals surface area contributed by atoms with Gasteiger partial charge in [-0.15, -0.1) is 0 Å². The highest BCUT2D eigenvalue weighted by Crippen LogP contribution is 2.04. The second-order valence-corrected chi connectivity index (χ2v) is 3.67. The summed E-state index contributed by atoms with van der Waals surface area (Å²) < 4.78 is 0. The molecule has 19 heavy (non-hydrogen) atoms. The Morgan fingerprint density at radius 2 is 2.00 bits per heavy atom. The summed E-state index contributed by atoms with van der Waals surface area (Å²) in [7, 11) is 0. The van der Waals surface area contributed by atoms with Gasteiger partial charge in [-0.1, -0.05) is 12.1 Å². The first-order valence-electron chi connectivity index (χ1n) is 5.40. The molecule has 1 aromatic rings. The molecule has 3 N–H and O–H groups in total. The Hall–Kier alpha value is -2.65. The van der Waals surface area contributed by atoms with Crippen LogP contribution in [0.15, 0.2) is 30.3 Å². The molecule has 98 valence electrons. The highest BCUT2D eigenvalue weighted by Gasteiger charge is 2.12. The van der Waals surface area contributed by atoms with Gasteiger partial charge in [0.25, 0.3) is 0 Å². The van der Waals surface area contributed by atoms with Gasteiger partial charge in [0.15, 0.2) is 6.10 Å². The van der Waals surface area contributed by atoms with E-state index in [-0.39, 0.29) is 6.54 Å². The number of nitriles is 1. The maximum Gasteiger partial charge on any atom is 0.334 e. The zero-order chi connectivity index (χ0) is 14.3. The lowest BCUT2D eigenvalue weighted by atomic mass is 10.1. The molecule has 1 atom stereocenters. The van der Waals surface area contributed by atoms with Crippen LogP contribution in [0.4, 0.5) is 0 Å². The summed E-state index contributed by atoms with van der Waals surface area (Å²) in [4.78, 5) is 21.6. The van der Waals surface area contributed by atoms with Crippen LogP contribution in [0.2, 0.25) is 0 Å². The summed E-state index contributed by atoms with van der Waals surface area (Å²) in [5.41, 5.74) is 1.25. The van der Waals surface area contributed by atoms with Crippen molar-refractivity contribution in [2.24, 2.45) is 0 Å². The molecule has 1 rings (SSSR count). The molecule has 0 heterocycles. The molecule has 1 aromatic carbocycles. The molecule has 0 spiro atoms. The van der Waals surface area contributed by atoms with Crippen LogP contribution in [0.1, 0.15) is 11.1 Å². The number of aliphatic hydroxyl groups is 1. The molecule has 0 bridgehead atoms. The summed E-state index contributed by atoms with van der Waals surface area (Å²) >= 11 is 0. The van der Waals surface area contributed by atoms with Gasteiger partial charge in [-0.2, -0.15) is 5.26 Å². The Bertz CT molecular complexity index is 529. The predicted octanol–water partition coefficient (Wildman–Crippen LogP) is 0.133. The van der Waals surface area contributed by atoms with Crippen molar-refractivity contribution in [1.82, 2.24) is 5.32 Å². The first-order valence-corrected chi connectivity index (χ1v) is 5.40. The van der Waals surface area contributed by atoms with Crippen molar-refractivity contribution >= 4 is 18.0 Å². The summed E-state index contributed by atoms with van der Waals surface area (Å²) in [6.07, 6.45) is 1.12. The van der Waals surface area contributed by atoms with Crippen molar-refractivity contribution in [3.8, 4) is 6.07 Å².